The molecule has 0 amide bonds. The van der Waals surface area contributed by atoms with Gasteiger partial charge in [0.2, 0.25) is 0 Å². The maximum atomic E-state index is 13.5. The van der Waals surface area contributed by atoms with Gasteiger partial charge < -0.3 is 0 Å². The van der Waals surface area contributed by atoms with Crippen molar-refractivity contribution in [2.24, 2.45) is 7.05 Å². The lowest BCUT2D eigenvalue weighted by molar-refractivity contribution is 0.622. The molecule has 13 heavy (non-hydrogen) atoms. The van der Waals surface area contributed by atoms with E-state index in [1.165, 1.54) is 17.8 Å². The fourth-order valence-electron chi connectivity index (χ4n) is 1.36. The first kappa shape index (κ1) is 8.56. The lowest BCUT2D eigenvalue weighted by atomic mass is 10.2. The van der Waals surface area contributed by atoms with Crippen molar-refractivity contribution < 1.29 is 4.39 Å². The Kier molecular flexibility index (Phi) is 2.00. The van der Waals surface area contributed by atoms with E-state index < -0.39 is 0 Å². The first-order chi connectivity index (χ1) is 6.22. The number of fused-ring (bicyclic) bond motifs is 1. The Morgan fingerprint density at radius 1 is 1.46 bits per heavy atom. The minimum absolute atomic E-state index is 0.207. The van der Waals surface area contributed by atoms with Gasteiger partial charge in [-0.25, -0.2) is 4.39 Å². The Balaban J connectivity index is 2.79. The fraction of sp³-hybridized carbons (Fsp3) is 0.222. The molecule has 2 aromatic rings. The van der Waals surface area contributed by atoms with Gasteiger partial charge in [0.25, 0.3) is 0 Å². The second-order valence-electron chi connectivity index (χ2n) is 2.82. The highest BCUT2D eigenvalue weighted by atomic mass is 32.2. The van der Waals surface area contributed by atoms with Crippen molar-refractivity contribution in [2.45, 2.75) is 4.90 Å². The molecule has 0 aliphatic heterocycles. The van der Waals surface area contributed by atoms with E-state index in [9.17, 15) is 4.39 Å². The van der Waals surface area contributed by atoms with Crippen LogP contribution in [0, 0.1) is 5.82 Å². The van der Waals surface area contributed by atoms with Gasteiger partial charge in [0, 0.05) is 17.3 Å². The number of nitrogens with zero attached hydrogens (tertiary/aromatic N) is 2. The Hall–Kier alpha value is -1.03. The summed E-state index contributed by atoms with van der Waals surface area (Å²) in [6, 6.07) is 3.48. The van der Waals surface area contributed by atoms with Crippen molar-refractivity contribution >= 4 is 22.7 Å². The van der Waals surface area contributed by atoms with Crippen LogP contribution in [0.2, 0.25) is 0 Å². The molecule has 2 rings (SSSR count). The Bertz CT molecular complexity index is 450. The normalized spacial score (nSPS) is 11.0. The van der Waals surface area contributed by atoms with Gasteiger partial charge in [-0.05, 0) is 18.4 Å². The predicted molar refractivity (Wildman–Crippen MR) is 52.5 cm³/mol. The van der Waals surface area contributed by atoms with Crippen LogP contribution >= 0.6 is 11.8 Å². The predicted octanol–water partition coefficient (Wildman–Crippen LogP) is 2.43. The highest BCUT2D eigenvalue weighted by molar-refractivity contribution is 7.98. The van der Waals surface area contributed by atoms with Crippen LogP contribution in [-0.2, 0) is 7.05 Å². The van der Waals surface area contributed by atoms with Gasteiger partial charge in [-0.3, -0.25) is 4.68 Å². The molecule has 1 aromatic heterocycles. The number of hydrogen-bond acceptors (Lipinski definition) is 2. The maximum Gasteiger partial charge on any atom is 0.150 e. The molecule has 0 saturated heterocycles. The van der Waals surface area contributed by atoms with E-state index in [0.29, 0.717) is 5.52 Å². The van der Waals surface area contributed by atoms with Crippen LogP contribution in [0.15, 0.2) is 23.2 Å². The summed E-state index contributed by atoms with van der Waals surface area (Å²) >= 11 is 1.53. The first-order valence-corrected chi connectivity index (χ1v) is 5.10. The Morgan fingerprint density at radius 2 is 2.23 bits per heavy atom. The standard InChI is InChI=1S/C9H9FN2S/c1-12-9-6(5-11-12)3-7(13-2)4-8(9)10/h3-5H,1-2H3. The van der Waals surface area contributed by atoms with E-state index in [4.69, 9.17) is 0 Å². The molecule has 68 valence electrons. The Labute approximate surface area is 79.7 Å². The molecule has 0 bridgehead atoms. The van der Waals surface area contributed by atoms with Crippen molar-refractivity contribution in [1.82, 2.24) is 9.78 Å². The molecule has 2 nitrogen and oxygen atoms in total. The molecule has 1 heterocycles. The number of hydrogen-bond donors (Lipinski definition) is 0. The van der Waals surface area contributed by atoms with Crippen molar-refractivity contribution in [3.63, 3.8) is 0 Å². The number of aromatic nitrogens is 2. The quantitative estimate of drug-likeness (QED) is 0.652. The zero-order chi connectivity index (χ0) is 9.42. The zero-order valence-electron chi connectivity index (χ0n) is 7.41. The van der Waals surface area contributed by atoms with Crippen LogP contribution in [-0.4, -0.2) is 16.0 Å². The minimum Gasteiger partial charge on any atom is -0.265 e. The molecule has 0 spiro atoms. The summed E-state index contributed by atoms with van der Waals surface area (Å²) < 4.78 is 15.0. The molecular formula is C9H9FN2S. The summed E-state index contributed by atoms with van der Waals surface area (Å²) in [6.45, 7) is 0. The van der Waals surface area contributed by atoms with Crippen LogP contribution in [0.5, 0.6) is 0 Å². The summed E-state index contributed by atoms with van der Waals surface area (Å²) in [4.78, 5) is 0.929. The monoisotopic (exact) mass is 196 g/mol. The van der Waals surface area contributed by atoms with Crippen molar-refractivity contribution in [1.29, 1.82) is 0 Å². The fourth-order valence-corrected chi connectivity index (χ4v) is 1.82. The second kappa shape index (κ2) is 3.03. The van der Waals surface area contributed by atoms with Gasteiger partial charge in [0.1, 0.15) is 11.3 Å². The highest BCUT2D eigenvalue weighted by Gasteiger charge is 2.07. The van der Waals surface area contributed by atoms with E-state index in [2.05, 4.69) is 5.10 Å². The van der Waals surface area contributed by atoms with Crippen LogP contribution in [0.1, 0.15) is 0 Å². The largest absolute Gasteiger partial charge is 0.265 e. The minimum atomic E-state index is -0.207. The average Bonchev–Trinajstić information content (AvgIpc) is 2.48. The number of benzene rings is 1. The SMILES string of the molecule is CSc1cc(F)c2c(cnn2C)c1. The number of aryl methyl sites for hydroxylation is 1. The van der Waals surface area contributed by atoms with Gasteiger partial charge in [-0.15, -0.1) is 11.8 Å². The van der Waals surface area contributed by atoms with E-state index >= 15 is 0 Å². The summed E-state index contributed by atoms with van der Waals surface area (Å²) in [6.07, 6.45) is 3.61. The van der Waals surface area contributed by atoms with E-state index in [-0.39, 0.29) is 5.82 Å². The van der Waals surface area contributed by atoms with E-state index in [1.54, 1.807) is 17.9 Å². The molecule has 0 atom stereocenters. The first-order valence-electron chi connectivity index (χ1n) is 3.87. The van der Waals surface area contributed by atoms with Crippen LogP contribution < -0.4 is 0 Å². The second-order valence-corrected chi connectivity index (χ2v) is 3.69. The van der Waals surface area contributed by atoms with Crippen LogP contribution in [0.25, 0.3) is 10.9 Å². The van der Waals surface area contributed by atoms with Gasteiger partial charge in [0.15, 0.2) is 0 Å². The van der Waals surface area contributed by atoms with Crippen molar-refractivity contribution in [3.05, 3.63) is 24.1 Å². The third-order valence-electron chi connectivity index (χ3n) is 2.00. The van der Waals surface area contributed by atoms with Crippen molar-refractivity contribution in [2.75, 3.05) is 6.26 Å². The van der Waals surface area contributed by atoms with Gasteiger partial charge in [-0.1, -0.05) is 0 Å². The third kappa shape index (κ3) is 1.31. The van der Waals surface area contributed by atoms with E-state index in [1.807, 2.05) is 12.3 Å². The zero-order valence-corrected chi connectivity index (χ0v) is 8.23. The number of rotatable bonds is 1. The summed E-state index contributed by atoms with van der Waals surface area (Å²) in [5.74, 6) is -0.207. The van der Waals surface area contributed by atoms with Gasteiger partial charge in [-0.2, -0.15) is 5.10 Å². The molecular weight excluding hydrogens is 187 g/mol. The third-order valence-corrected chi connectivity index (χ3v) is 2.70. The van der Waals surface area contributed by atoms with Crippen molar-refractivity contribution in [3.8, 4) is 0 Å². The lowest BCUT2D eigenvalue weighted by Gasteiger charge is -1.99. The average molecular weight is 196 g/mol. The molecule has 0 saturated carbocycles. The molecule has 0 unspecified atom stereocenters. The topological polar surface area (TPSA) is 17.8 Å². The molecule has 4 heteroatoms. The van der Waals surface area contributed by atoms with E-state index in [0.717, 1.165) is 10.3 Å². The summed E-state index contributed by atoms with van der Waals surface area (Å²) in [7, 11) is 1.74. The number of thioether (sulfide) groups is 1. The molecule has 0 fully saturated rings. The maximum absolute atomic E-state index is 13.5. The Morgan fingerprint density at radius 3 is 2.92 bits per heavy atom. The molecule has 0 N–H and O–H groups in total. The summed E-state index contributed by atoms with van der Waals surface area (Å²) in [5.41, 5.74) is 0.567. The smallest absolute Gasteiger partial charge is 0.150 e. The van der Waals surface area contributed by atoms with Crippen LogP contribution in [0.4, 0.5) is 4.39 Å². The molecule has 1 aromatic carbocycles. The number of halogens is 1. The lowest BCUT2D eigenvalue weighted by Crippen LogP contribution is -1.91. The molecule has 0 aliphatic rings. The van der Waals surface area contributed by atoms with Gasteiger partial charge in [0.05, 0.1) is 6.20 Å². The summed E-state index contributed by atoms with van der Waals surface area (Å²) in [5, 5.41) is 4.85. The van der Waals surface area contributed by atoms with Crippen LogP contribution in [0.3, 0.4) is 0 Å². The highest BCUT2D eigenvalue weighted by Crippen LogP contribution is 2.24. The molecule has 0 radical (unpaired) electrons. The molecule has 0 aliphatic carbocycles. The van der Waals surface area contributed by atoms with Gasteiger partial charge >= 0.3 is 0 Å².